The third-order valence-corrected chi connectivity index (χ3v) is 23.9. The van der Waals surface area contributed by atoms with Crippen molar-refractivity contribution in [3.63, 3.8) is 0 Å². The van der Waals surface area contributed by atoms with E-state index >= 15 is 0 Å². The smallest absolute Gasteiger partial charge is 0.314 e. The van der Waals surface area contributed by atoms with Crippen molar-refractivity contribution in [3.05, 3.63) is 11.6 Å². The lowest BCUT2D eigenvalue weighted by atomic mass is 9.41. The van der Waals surface area contributed by atoms with Crippen LogP contribution in [0.2, 0.25) is 0 Å². The van der Waals surface area contributed by atoms with Crippen LogP contribution < -0.4 is 0 Å². The minimum Gasteiger partial charge on any atom is -0.458 e. The van der Waals surface area contributed by atoms with Crippen molar-refractivity contribution < 1.29 is 153 Å². The molecule has 550 valence electrons. The number of carbonyl (C=O) groups is 2. The molecule has 36 unspecified atom stereocenters. The van der Waals surface area contributed by atoms with Gasteiger partial charge in [0, 0.05) is 13.5 Å². The highest BCUT2D eigenvalue weighted by molar-refractivity contribution is 5.99. The fraction of sp³-hybridized carbons (Fsp3) is 0.938. The van der Waals surface area contributed by atoms with Gasteiger partial charge in [-0.25, -0.2) is 0 Å². The van der Waals surface area contributed by atoms with Crippen LogP contribution in [0.4, 0.5) is 0 Å². The molecule has 15 N–H and O–H groups in total. The average molecular weight is 1380 g/mol. The SMILES string of the molecule is COC1C(O)C(CO)OC(OC2C(O)C(CO)OC(OC3COC(OC4CCC5(C)C6=CCC78C(=O)OC(C)(CCCC(C)C)C7C(=O)CC8(C)C6CCC5C4(C)C)C(OC4OC(C)C(OC5OCC(O)C(OC6OC(CO)C(O)C(O)C6O)C5O)C(O)C4O)C3O)C2O)C1O. The first kappa shape index (κ1) is 74.9. The minimum atomic E-state index is -2.04. The molecule has 0 aromatic heterocycles. The van der Waals surface area contributed by atoms with Crippen molar-refractivity contribution in [1.82, 2.24) is 0 Å². The van der Waals surface area contributed by atoms with Crippen LogP contribution in [0.5, 0.6) is 0 Å². The molecule has 3 saturated carbocycles. The third kappa shape index (κ3) is 12.8. The summed E-state index contributed by atoms with van der Waals surface area (Å²) in [5, 5.41) is 165. The van der Waals surface area contributed by atoms with Crippen LogP contribution in [0.3, 0.4) is 0 Å². The van der Waals surface area contributed by atoms with E-state index in [2.05, 4.69) is 47.6 Å². The normalized spacial score (nSPS) is 52.7. The van der Waals surface area contributed by atoms with Crippen molar-refractivity contribution in [2.24, 2.45) is 45.3 Å². The van der Waals surface area contributed by atoms with Gasteiger partial charge in [0.1, 0.15) is 140 Å². The Bertz CT molecular complexity index is 2710. The summed E-state index contributed by atoms with van der Waals surface area (Å²) in [5.74, 6) is -0.456. The molecule has 31 heteroatoms. The molecule has 96 heavy (non-hydrogen) atoms. The molecule has 7 aliphatic heterocycles. The highest BCUT2D eigenvalue weighted by Crippen LogP contribution is 2.75. The zero-order valence-corrected chi connectivity index (χ0v) is 55.8. The van der Waals surface area contributed by atoms with Crippen LogP contribution in [-0.2, 0) is 75.9 Å². The number of hydrogen-bond donors (Lipinski definition) is 15. The van der Waals surface area contributed by atoms with E-state index in [0.717, 1.165) is 12.8 Å². The van der Waals surface area contributed by atoms with Crippen LogP contribution in [0.25, 0.3) is 0 Å². The fourth-order valence-electron chi connectivity index (χ4n) is 18.6. The molecule has 4 aliphatic carbocycles. The van der Waals surface area contributed by atoms with E-state index < -0.39 is 244 Å². The van der Waals surface area contributed by atoms with Crippen molar-refractivity contribution >= 4 is 11.8 Å². The number of allylic oxidation sites excluding steroid dienone is 2. The fourth-order valence-corrected chi connectivity index (χ4v) is 18.6. The Morgan fingerprint density at radius 1 is 0.562 bits per heavy atom. The molecule has 7 heterocycles. The topological polar surface area (TPSA) is 467 Å². The number of Topliss-reactive ketones (excluding diaryl/α,β-unsaturated/α-hetero) is 1. The molecule has 1 spiro atoms. The van der Waals surface area contributed by atoms with E-state index in [1.54, 1.807) is 0 Å². The molecular formula is C65H104O31. The van der Waals surface area contributed by atoms with Gasteiger partial charge < -0.3 is 143 Å². The molecule has 11 aliphatic rings. The molecule has 7 saturated heterocycles. The van der Waals surface area contributed by atoms with Gasteiger partial charge in [-0.05, 0) is 92.8 Å². The number of esters is 1. The number of ether oxygens (including phenoxy) is 14. The number of rotatable bonds is 20. The van der Waals surface area contributed by atoms with Crippen molar-refractivity contribution in [1.29, 1.82) is 0 Å². The lowest BCUT2D eigenvalue weighted by molar-refractivity contribution is -0.394. The number of hydrogen-bond acceptors (Lipinski definition) is 31. The summed E-state index contributed by atoms with van der Waals surface area (Å²) in [6.07, 6.45) is -40.6. The molecule has 36 atom stereocenters. The second-order valence-corrected chi connectivity index (χ2v) is 30.4. The first-order valence-electron chi connectivity index (χ1n) is 34.0. The Hall–Kier alpha value is -2.24. The summed E-state index contributed by atoms with van der Waals surface area (Å²) in [4.78, 5) is 29.1. The van der Waals surface area contributed by atoms with Crippen LogP contribution in [0.15, 0.2) is 11.6 Å². The van der Waals surface area contributed by atoms with E-state index in [1.165, 1.54) is 19.6 Å². The number of carbonyl (C=O) groups excluding carboxylic acids is 2. The molecular weight excluding hydrogens is 1280 g/mol. The first-order chi connectivity index (χ1) is 45.3. The standard InChI is InChI=1S/C65H104O31/c1-25(2)11-10-16-64(8)53-29(69)19-63(7)28-12-13-35-61(4,5)36(15-17-62(35,6)27(28)14-18-65(53,63)60(82)96-64)91-59-52(40(74)34(24-85-59)90-57-47(81)51(39(73)33(22-68)88-57)94-58-46(80)50(83-9)38(72)32(21-67)89-58)95-55-44(78)42(76)48(26(3)86-55)92-54-45(79)49(30(70)23-84-54)93-56-43(77)41(75)37(71)31(20-66)87-56/h14,25-26,28,30-59,66-68,70-81H,10-13,15-24H2,1-9H3. The summed E-state index contributed by atoms with van der Waals surface area (Å²) in [6, 6.07) is 0. The number of aliphatic hydroxyl groups excluding tert-OH is 15. The van der Waals surface area contributed by atoms with Gasteiger partial charge in [0.2, 0.25) is 0 Å². The summed E-state index contributed by atoms with van der Waals surface area (Å²) < 4.78 is 84.3. The maximum atomic E-state index is 14.6. The zero-order valence-electron chi connectivity index (χ0n) is 55.8. The summed E-state index contributed by atoms with van der Waals surface area (Å²) in [6.45, 7) is 12.7. The second kappa shape index (κ2) is 28.8. The Morgan fingerprint density at radius 3 is 1.76 bits per heavy atom. The van der Waals surface area contributed by atoms with Gasteiger partial charge >= 0.3 is 5.97 Å². The van der Waals surface area contributed by atoms with Gasteiger partial charge in [0.05, 0.1) is 56.6 Å². The van der Waals surface area contributed by atoms with Gasteiger partial charge in [0.15, 0.2) is 37.7 Å². The predicted octanol–water partition coefficient (Wildman–Crippen LogP) is -3.84. The van der Waals surface area contributed by atoms with Crippen LogP contribution in [0.1, 0.15) is 113 Å². The third-order valence-electron chi connectivity index (χ3n) is 23.9. The second-order valence-electron chi connectivity index (χ2n) is 30.4. The van der Waals surface area contributed by atoms with Gasteiger partial charge in [-0.15, -0.1) is 0 Å². The predicted molar refractivity (Wildman–Crippen MR) is 320 cm³/mol. The Kier molecular flexibility index (Phi) is 22.5. The van der Waals surface area contributed by atoms with Gasteiger partial charge in [-0.2, -0.15) is 0 Å². The quantitative estimate of drug-likeness (QED) is 0.0315. The van der Waals surface area contributed by atoms with Crippen LogP contribution >= 0.6 is 0 Å². The number of cyclic esters (lactones) is 1. The molecule has 0 bridgehead atoms. The largest absolute Gasteiger partial charge is 0.458 e. The van der Waals surface area contributed by atoms with E-state index in [9.17, 15) is 86.2 Å². The number of ketones is 1. The van der Waals surface area contributed by atoms with Gasteiger partial charge in [-0.3, -0.25) is 9.59 Å². The monoisotopic (exact) mass is 1380 g/mol. The van der Waals surface area contributed by atoms with Crippen molar-refractivity contribution in [2.45, 2.75) is 297 Å². The summed E-state index contributed by atoms with van der Waals surface area (Å²) in [7, 11) is 1.19. The minimum absolute atomic E-state index is 0.0476. The Morgan fingerprint density at radius 2 is 1.11 bits per heavy atom. The zero-order chi connectivity index (χ0) is 69.8. The summed E-state index contributed by atoms with van der Waals surface area (Å²) >= 11 is 0. The number of aliphatic hydroxyl groups is 15. The van der Waals surface area contributed by atoms with Crippen LogP contribution in [0, 0.1) is 45.3 Å². The molecule has 11 rings (SSSR count). The van der Waals surface area contributed by atoms with Crippen LogP contribution in [-0.4, -0.2) is 312 Å². The molecule has 0 aromatic carbocycles. The van der Waals surface area contributed by atoms with Crippen molar-refractivity contribution in [2.75, 3.05) is 40.1 Å². The summed E-state index contributed by atoms with van der Waals surface area (Å²) in [5.41, 5.74) is -2.48. The molecule has 10 fully saturated rings. The van der Waals surface area contributed by atoms with E-state index in [0.29, 0.717) is 44.4 Å². The van der Waals surface area contributed by atoms with Crippen molar-refractivity contribution in [3.8, 4) is 0 Å². The average Bonchev–Trinajstić information content (AvgIpc) is 1.47. The maximum Gasteiger partial charge on any atom is 0.314 e. The van der Waals surface area contributed by atoms with Gasteiger partial charge in [0.25, 0.3) is 0 Å². The molecule has 0 aromatic rings. The Balaban J connectivity index is 0.828. The Labute approximate surface area is 556 Å². The van der Waals surface area contributed by atoms with E-state index in [4.69, 9.17) is 66.3 Å². The lowest BCUT2D eigenvalue weighted by Gasteiger charge is -2.63. The molecule has 0 amide bonds. The highest BCUT2D eigenvalue weighted by Gasteiger charge is 2.79. The van der Waals surface area contributed by atoms with Gasteiger partial charge in [-0.1, -0.05) is 59.6 Å². The first-order valence-corrected chi connectivity index (χ1v) is 34.0. The highest BCUT2D eigenvalue weighted by atomic mass is 16.8. The molecule has 0 radical (unpaired) electrons. The van der Waals surface area contributed by atoms with E-state index in [1.807, 2.05) is 6.92 Å². The number of fused-ring (bicyclic) bond motifs is 4. The number of methoxy groups -OCH3 is 1. The lowest BCUT2D eigenvalue weighted by Crippen LogP contribution is -2.67. The molecule has 31 nitrogen and oxygen atoms in total. The maximum absolute atomic E-state index is 14.6. The van der Waals surface area contributed by atoms with E-state index in [-0.39, 0.29) is 30.0 Å².